The lowest BCUT2D eigenvalue weighted by molar-refractivity contribution is 0.294. The minimum atomic E-state index is 0.633. The summed E-state index contributed by atoms with van der Waals surface area (Å²) in [6.07, 6.45) is 0.647. The van der Waals surface area contributed by atoms with E-state index in [2.05, 4.69) is 87.5 Å². The van der Waals surface area contributed by atoms with Gasteiger partial charge in [0.05, 0.1) is 6.42 Å². The number of nitrogens with zero attached hydrogens (tertiary/aromatic N) is 3. The molecule has 0 saturated carbocycles. The van der Waals surface area contributed by atoms with Gasteiger partial charge in [-0.3, -0.25) is 4.90 Å². The van der Waals surface area contributed by atoms with Gasteiger partial charge >= 0.3 is 0 Å². The molecule has 4 aromatic rings. The summed E-state index contributed by atoms with van der Waals surface area (Å²) in [6, 6.07) is 27.5. The van der Waals surface area contributed by atoms with E-state index in [4.69, 9.17) is 4.52 Å². The number of rotatable bonds is 6. The molecular formula is C26H25N3OS. The zero-order valence-corrected chi connectivity index (χ0v) is 18.2. The quantitative estimate of drug-likeness (QED) is 0.404. The Morgan fingerprint density at radius 2 is 1.52 bits per heavy atom. The zero-order chi connectivity index (χ0) is 20.9. The van der Waals surface area contributed by atoms with Gasteiger partial charge in [-0.15, -0.1) is 0 Å². The molecule has 31 heavy (non-hydrogen) atoms. The SMILES string of the molecule is c1ccc(Cc2nc(-c3ccc(-c4cccc(CN5CCSCC5)c4)cc3)no2)cc1. The molecule has 1 aliphatic rings. The van der Waals surface area contributed by atoms with Gasteiger partial charge in [0, 0.05) is 36.7 Å². The predicted molar refractivity (Wildman–Crippen MR) is 127 cm³/mol. The maximum absolute atomic E-state index is 5.46. The third-order valence-electron chi connectivity index (χ3n) is 5.58. The fourth-order valence-corrected chi connectivity index (χ4v) is 4.87. The second kappa shape index (κ2) is 9.50. The second-order valence-corrected chi connectivity index (χ2v) is 9.07. The van der Waals surface area contributed by atoms with Crippen molar-refractivity contribution in [3.63, 3.8) is 0 Å². The molecule has 1 aliphatic heterocycles. The molecular weight excluding hydrogens is 402 g/mol. The Balaban J connectivity index is 1.28. The van der Waals surface area contributed by atoms with Gasteiger partial charge in [0.15, 0.2) is 0 Å². The van der Waals surface area contributed by atoms with E-state index in [1.165, 1.54) is 41.3 Å². The standard InChI is InChI=1S/C26H25N3OS/c1-2-5-20(6-3-1)18-25-27-26(28-30-25)23-11-9-22(10-12-23)24-8-4-7-21(17-24)19-29-13-15-31-16-14-29/h1-12,17H,13-16,18-19H2. The van der Waals surface area contributed by atoms with E-state index in [0.29, 0.717) is 18.1 Å². The van der Waals surface area contributed by atoms with Crippen molar-refractivity contribution in [3.8, 4) is 22.5 Å². The topological polar surface area (TPSA) is 42.2 Å². The Bertz CT molecular complexity index is 1120. The maximum atomic E-state index is 5.46. The van der Waals surface area contributed by atoms with E-state index in [1.54, 1.807) is 0 Å². The molecule has 5 rings (SSSR count). The van der Waals surface area contributed by atoms with Crippen LogP contribution in [-0.2, 0) is 13.0 Å². The predicted octanol–water partition coefficient (Wildman–Crippen LogP) is 5.54. The largest absolute Gasteiger partial charge is 0.339 e. The number of hydrogen-bond donors (Lipinski definition) is 0. The summed E-state index contributed by atoms with van der Waals surface area (Å²) in [4.78, 5) is 7.12. The molecule has 1 fully saturated rings. The lowest BCUT2D eigenvalue weighted by Gasteiger charge is -2.26. The molecule has 0 spiro atoms. The van der Waals surface area contributed by atoms with Crippen molar-refractivity contribution >= 4 is 11.8 Å². The van der Waals surface area contributed by atoms with Crippen LogP contribution in [-0.4, -0.2) is 39.6 Å². The van der Waals surface area contributed by atoms with Crippen LogP contribution in [0.5, 0.6) is 0 Å². The molecule has 5 heteroatoms. The lowest BCUT2D eigenvalue weighted by Crippen LogP contribution is -2.31. The van der Waals surface area contributed by atoms with Crippen LogP contribution in [0.3, 0.4) is 0 Å². The first kappa shape index (κ1) is 20.0. The van der Waals surface area contributed by atoms with Crippen LogP contribution in [0.25, 0.3) is 22.5 Å². The van der Waals surface area contributed by atoms with E-state index >= 15 is 0 Å². The Morgan fingerprint density at radius 3 is 2.32 bits per heavy atom. The van der Waals surface area contributed by atoms with Crippen molar-refractivity contribution in [2.24, 2.45) is 0 Å². The van der Waals surface area contributed by atoms with Crippen LogP contribution in [0.1, 0.15) is 17.0 Å². The number of aromatic nitrogens is 2. The zero-order valence-electron chi connectivity index (χ0n) is 17.4. The van der Waals surface area contributed by atoms with Crippen molar-refractivity contribution in [2.75, 3.05) is 24.6 Å². The monoisotopic (exact) mass is 427 g/mol. The smallest absolute Gasteiger partial charge is 0.231 e. The number of benzene rings is 3. The first-order valence-corrected chi connectivity index (χ1v) is 11.9. The van der Waals surface area contributed by atoms with Gasteiger partial charge in [-0.1, -0.05) is 78.0 Å². The van der Waals surface area contributed by atoms with E-state index in [0.717, 1.165) is 17.7 Å². The molecule has 0 aliphatic carbocycles. The average Bonchev–Trinajstić information content (AvgIpc) is 3.29. The third kappa shape index (κ3) is 5.06. The highest BCUT2D eigenvalue weighted by atomic mass is 32.2. The highest BCUT2D eigenvalue weighted by Crippen LogP contribution is 2.25. The molecule has 0 radical (unpaired) electrons. The summed E-state index contributed by atoms with van der Waals surface area (Å²) in [6.45, 7) is 3.39. The first-order valence-electron chi connectivity index (χ1n) is 10.7. The van der Waals surface area contributed by atoms with Gasteiger partial charge in [-0.25, -0.2) is 0 Å². The molecule has 4 nitrogen and oxygen atoms in total. The number of hydrogen-bond acceptors (Lipinski definition) is 5. The van der Waals surface area contributed by atoms with Crippen molar-refractivity contribution in [2.45, 2.75) is 13.0 Å². The molecule has 0 unspecified atom stereocenters. The van der Waals surface area contributed by atoms with Crippen LogP contribution >= 0.6 is 11.8 Å². The third-order valence-corrected chi connectivity index (χ3v) is 6.52. The van der Waals surface area contributed by atoms with Crippen molar-refractivity contribution < 1.29 is 4.52 Å². The van der Waals surface area contributed by atoms with Crippen LogP contribution in [0.2, 0.25) is 0 Å². The highest BCUT2D eigenvalue weighted by Gasteiger charge is 2.12. The van der Waals surface area contributed by atoms with E-state index in [1.807, 2.05) is 18.2 Å². The molecule has 0 amide bonds. The Labute approximate surface area is 187 Å². The van der Waals surface area contributed by atoms with Crippen LogP contribution in [0, 0.1) is 0 Å². The molecule has 1 aromatic heterocycles. The summed E-state index contributed by atoms with van der Waals surface area (Å²) in [7, 11) is 0. The van der Waals surface area contributed by atoms with Gasteiger partial charge in [0.25, 0.3) is 0 Å². The maximum Gasteiger partial charge on any atom is 0.231 e. The second-order valence-electron chi connectivity index (χ2n) is 7.84. The highest BCUT2D eigenvalue weighted by molar-refractivity contribution is 7.99. The molecule has 0 N–H and O–H groups in total. The lowest BCUT2D eigenvalue weighted by atomic mass is 10.0. The summed E-state index contributed by atoms with van der Waals surface area (Å²) in [5.41, 5.74) is 5.95. The molecule has 1 saturated heterocycles. The van der Waals surface area contributed by atoms with Gasteiger partial charge in [0.1, 0.15) is 0 Å². The Kier molecular flexibility index (Phi) is 6.14. The normalized spacial score (nSPS) is 14.6. The van der Waals surface area contributed by atoms with Gasteiger partial charge < -0.3 is 4.52 Å². The minimum Gasteiger partial charge on any atom is -0.339 e. The van der Waals surface area contributed by atoms with Crippen molar-refractivity contribution in [1.82, 2.24) is 15.0 Å². The van der Waals surface area contributed by atoms with E-state index in [9.17, 15) is 0 Å². The van der Waals surface area contributed by atoms with Crippen LogP contribution in [0.15, 0.2) is 83.4 Å². The minimum absolute atomic E-state index is 0.633. The summed E-state index contributed by atoms with van der Waals surface area (Å²) < 4.78 is 5.46. The molecule has 0 bridgehead atoms. The Morgan fingerprint density at radius 1 is 0.774 bits per heavy atom. The first-order chi connectivity index (χ1) is 15.3. The van der Waals surface area contributed by atoms with E-state index in [-0.39, 0.29) is 0 Å². The van der Waals surface area contributed by atoms with Crippen LogP contribution in [0.4, 0.5) is 0 Å². The van der Waals surface area contributed by atoms with Gasteiger partial charge in [-0.05, 0) is 28.3 Å². The van der Waals surface area contributed by atoms with Crippen molar-refractivity contribution in [1.29, 1.82) is 0 Å². The molecule has 0 atom stereocenters. The summed E-state index contributed by atoms with van der Waals surface area (Å²) in [5.74, 6) is 3.75. The van der Waals surface area contributed by atoms with Gasteiger partial charge in [-0.2, -0.15) is 16.7 Å². The van der Waals surface area contributed by atoms with Crippen molar-refractivity contribution in [3.05, 3.63) is 95.9 Å². The Hall–Kier alpha value is -2.89. The average molecular weight is 428 g/mol. The summed E-state index contributed by atoms with van der Waals surface area (Å²) in [5, 5.41) is 4.17. The molecule has 2 heterocycles. The van der Waals surface area contributed by atoms with E-state index < -0.39 is 0 Å². The van der Waals surface area contributed by atoms with Gasteiger partial charge in [0.2, 0.25) is 11.7 Å². The van der Waals surface area contributed by atoms with Crippen LogP contribution < -0.4 is 0 Å². The molecule has 3 aromatic carbocycles. The fraction of sp³-hybridized carbons (Fsp3) is 0.231. The summed E-state index contributed by atoms with van der Waals surface area (Å²) >= 11 is 2.05. The fourth-order valence-electron chi connectivity index (χ4n) is 3.89. The molecule has 156 valence electrons. The number of thioether (sulfide) groups is 1.